The highest BCUT2D eigenvalue weighted by molar-refractivity contribution is 5.70. The van der Waals surface area contributed by atoms with Gasteiger partial charge in [0.2, 0.25) is 0 Å². The van der Waals surface area contributed by atoms with Crippen LogP contribution in [0, 0.1) is 5.92 Å². The molecule has 0 fully saturated rings. The maximum atomic E-state index is 11.1. The molecule has 2 rings (SSSR count). The number of para-hydroxylation sites is 1. The number of carbonyl (C=O) groups is 1. The molecule has 1 aromatic heterocycles. The Kier molecular flexibility index (Phi) is 4.02. The van der Waals surface area contributed by atoms with Crippen molar-refractivity contribution in [3.63, 3.8) is 0 Å². The molecule has 4 nitrogen and oxygen atoms in total. The zero-order valence-electron chi connectivity index (χ0n) is 9.78. The zero-order valence-corrected chi connectivity index (χ0v) is 9.78. The SMILES string of the molecule is O=C(O)C(COc1ccccc1)Cc1ccco1. The molecule has 1 unspecified atom stereocenters. The Hall–Kier alpha value is -2.23. The molecule has 1 aromatic carbocycles. The number of carboxylic acids is 1. The van der Waals surface area contributed by atoms with Crippen LogP contribution in [0.5, 0.6) is 5.75 Å². The first-order valence-corrected chi connectivity index (χ1v) is 5.69. The first kappa shape index (κ1) is 12.2. The van der Waals surface area contributed by atoms with Gasteiger partial charge in [0.05, 0.1) is 12.2 Å². The summed E-state index contributed by atoms with van der Waals surface area (Å²) in [6, 6.07) is 12.7. The van der Waals surface area contributed by atoms with Crippen molar-refractivity contribution in [3.8, 4) is 5.75 Å². The molecule has 0 spiro atoms. The van der Waals surface area contributed by atoms with E-state index in [-0.39, 0.29) is 6.61 Å². The van der Waals surface area contributed by atoms with Gasteiger partial charge in [-0.25, -0.2) is 0 Å². The van der Waals surface area contributed by atoms with Crippen molar-refractivity contribution in [1.82, 2.24) is 0 Å². The fourth-order valence-electron chi connectivity index (χ4n) is 1.60. The zero-order chi connectivity index (χ0) is 12.8. The molecule has 18 heavy (non-hydrogen) atoms. The van der Waals surface area contributed by atoms with E-state index in [2.05, 4.69) is 0 Å². The second-order valence-electron chi connectivity index (χ2n) is 3.94. The monoisotopic (exact) mass is 246 g/mol. The largest absolute Gasteiger partial charge is 0.493 e. The smallest absolute Gasteiger partial charge is 0.310 e. The molecule has 0 aliphatic heterocycles. The van der Waals surface area contributed by atoms with Gasteiger partial charge in [-0.2, -0.15) is 0 Å². The number of carboxylic acid groups (broad SMARTS) is 1. The molecule has 1 heterocycles. The lowest BCUT2D eigenvalue weighted by atomic mass is 10.1. The van der Waals surface area contributed by atoms with Crippen molar-refractivity contribution in [2.45, 2.75) is 6.42 Å². The van der Waals surface area contributed by atoms with Crippen molar-refractivity contribution in [1.29, 1.82) is 0 Å². The topological polar surface area (TPSA) is 59.7 Å². The maximum Gasteiger partial charge on any atom is 0.310 e. The van der Waals surface area contributed by atoms with Crippen molar-refractivity contribution in [2.24, 2.45) is 5.92 Å². The summed E-state index contributed by atoms with van der Waals surface area (Å²) >= 11 is 0. The molecular formula is C14H14O4. The van der Waals surface area contributed by atoms with E-state index in [0.717, 1.165) is 0 Å². The molecule has 2 aromatic rings. The third kappa shape index (κ3) is 3.38. The minimum Gasteiger partial charge on any atom is -0.493 e. The van der Waals surface area contributed by atoms with Crippen LogP contribution in [0.1, 0.15) is 5.76 Å². The van der Waals surface area contributed by atoms with Crippen LogP contribution in [-0.4, -0.2) is 17.7 Å². The second kappa shape index (κ2) is 5.91. The fourth-order valence-corrected chi connectivity index (χ4v) is 1.60. The second-order valence-corrected chi connectivity index (χ2v) is 3.94. The summed E-state index contributed by atoms with van der Waals surface area (Å²) in [4.78, 5) is 11.1. The summed E-state index contributed by atoms with van der Waals surface area (Å²) in [6.07, 6.45) is 1.86. The Morgan fingerprint density at radius 2 is 2.00 bits per heavy atom. The number of ether oxygens (including phenoxy) is 1. The molecule has 94 valence electrons. The lowest BCUT2D eigenvalue weighted by molar-refractivity contribution is -0.142. The predicted molar refractivity (Wildman–Crippen MR) is 65.5 cm³/mol. The van der Waals surface area contributed by atoms with E-state index in [1.165, 1.54) is 6.26 Å². The fraction of sp³-hybridized carbons (Fsp3) is 0.214. The van der Waals surface area contributed by atoms with Gasteiger partial charge in [0.15, 0.2) is 0 Å². The molecule has 1 atom stereocenters. The van der Waals surface area contributed by atoms with Crippen LogP contribution >= 0.6 is 0 Å². The predicted octanol–water partition coefficient (Wildman–Crippen LogP) is 2.60. The normalized spacial score (nSPS) is 12.0. The number of rotatable bonds is 6. The lowest BCUT2D eigenvalue weighted by Crippen LogP contribution is -2.23. The van der Waals surface area contributed by atoms with Gasteiger partial charge in [0.1, 0.15) is 18.1 Å². The van der Waals surface area contributed by atoms with Gasteiger partial charge in [-0.05, 0) is 24.3 Å². The van der Waals surface area contributed by atoms with Crippen molar-refractivity contribution < 1.29 is 19.1 Å². The van der Waals surface area contributed by atoms with E-state index in [4.69, 9.17) is 14.3 Å². The molecule has 0 radical (unpaired) electrons. The third-order valence-corrected chi connectivity index (χ3v) is 2.57. The van der Waals surface area contributed by atoms with Gasteiger partial charge in [0, 0.05) is 6.42 Å². The molecule has 0 saturated carbocycles. The number of hydrogen-bond acceptors (Lipinski definition) is 3. The van der Waals surface area contributed by atoms with Crippen molar-refractivity contribution in [2.75, 3.05) is 6.61 Å². The van der Waals surface area contributed by atoms with E-state index in [0.29, 0.717) is 17.9 Å². The quantitative estimate of drug-likeness (QED) is 0.851. The highest BCUT2D eigenvalue weighted by atomic mass is 16.5. The average Bonchev–Trinajstić information content (AvgIpc) is 2.88. The maximum absolute atomic E-state index is 11.1. The van der Waals surface area contributed by atoms with Crippen molar-refractivity contribution >= 4 is 5.97 Å². The van der Waals surface area contributed by atoms with Crippen LogP contribution in [0.25, 0.3) is 0 Å². The molecule has 0 bridgehead atoms. The van der Waals surface area contributed by atoms with Crippen LogP contribution in [0.3, 0.4) is 0 Å². The van der Waals surface area contributed by atoms with Gasteiger partial charge in [0.25, 0.3) is 0 Å². The summed E-state index contributed by atoms with van der Waals surface area (Å²) in [7, 11) is 0. The molecule has 1 N–H and O–H groups in total. The van der Waals surface area contributed by atoms with Gasteiger partial charge in [-0.3, -0.25) is 4.79 Å². The minimum absolute atomic E-state index is 0.125. The van der Waals surface area contributed by atoms with Crippen LogP contribution < -0.4 is 4.74 Å². The number of hydrogen-bond donors (Lipinski definition) is 1. The summed E-state index contributed by atoms with van der Waals surface area (Å²) < 4.78 is 10.6. The molecule has 0 amide bonds. The summed E-state index contributed by atoms with van der Waals surface area (Å²) in [6.45, 7) is 0.125. The van der Waals surface area contributed by atoms with Gasteiger partial charge >= 0.3 is 5.97 Å². The Bertz CT molecular complexity index is 476. The Morgan fingerprint density at radius 1 is 1.22 bits per heavy atom. The average molecular weight is 246 g/mol. The number of benzene rings is 1. The van der Waals surface area contributed by atoms with Gasteiger partial charge < -0.3 is 14.3 Å². The van der Waals surface area contributed by atoms with E-state index in [1.54, 1.807) is 24.3 Å². The van der Waals surface area contributed by atoms with E-state index in [9.17, 15) is 4.79 Å². The summed E-state index contributed by atoms with van der Waals surface area (Å²) in [5, 5.41) is 9.13. The van der Waals surface area contributed by atoms with Gasteiger partial charge in [-0.15, -0.1) is 0 Å². The Balaban J connectivity index is 1.93. The van der Waals surface area contributed by atoms with E-state index >= 15 is 0 Å². The molecule has 4 heteroatoms. The standard InChI is InChI=1S/C14H14O4/c15-14(16)11(9-13-7-4-8-17-13)10-18-12-5-2-1-3-6-12/h1-8,11H,9-10H2,(H,15,16). The van der Waals surface area contributed by atoms with Crippen LogP contribution in [0.15, 0.2) is 53.1 Å². The van der Waals surface area contributed by atoms with Crippen LogP contribution in [0.2, 0.25) is 0 Å². The van der Waals surface area contributed by atoms with E-state index < -0.39 is 11.9 Å². The van der Waals surface area contributed by atoms with Crippen LogP contribution in [-0.2, 0) is 11.2 Å². The first-order valence-electron chi connectivity index (χ1n) is 5.69. The first-order chi connectivity index (χ1) is 8.75. The Labute approximate surface area is 105 Å². The summed E-state index contributed by atoms with van der Waals surface area (Å²) in [5.74, 6) is -0.180. The molecule has 0 saturated heterocycles. The number of furan rings is 1. The highest BCUT2D eigenvalue weighted by Gasteiger charge is 2.20. The highest BCUT2D eigenvalue weighted by Crippen LogP contribution is 2.14. The lowest BCUT2D eigenvalue weighted by Gasteiger charge is -2.12. The molecule has 0 aliphatic rings. The van der Waals surface area contributed by atoms with Crippen LogP contribution in [0.4, 0.5) is 0 Å². The molecular weight excluding hydrogens is 232 g/mol. The van der Waals surface area contributed by atoms with Gasteiger partial charge in [-0.1, -0.05) is 18.2 Å². The Morgan fingerprint density at radius 3 is 2.61 bits per heavy atom. The summed E-state index contributed by atoms with van der Waals surface area (Å²) in [5.41, 5.74) is 0. The number of aliphatic carboxylic acids is 1. The minimum atomic E-state index is -0.887. The van der Waals surface area contributed by atoms with E-state index in [1.807, 2.05) is 18.2 Å². The van der Waals surface area contributed by atoms with Crippen molar-refractivity contribution in [3.05, 3.63) is 54.5 Å². The molecule has 0 aliphatic carbocycles. The third-order valence-electron chi connectivity index (χ3n) is 2.57.